The van der Waals surface area contributed by atoms with E-state index < -0.39 is 0 Å². The third-order valence-corrected chi connectivity index (χ3v) is 9.30. The summed E-state index contributed by atoms with van der Waals surface area (Å²) in [7, 11) is 6.15. The van der Waals surface area contributed by atoms with Crippen molar-refractivity contribution >= 4 is 5.91 Å². The Morgan fingerprint density at radius 1 is 0.971 bits per heavy atom. The summed E-state index contributed by atoms with van der Waals surface area (Å²) in [5, 5.41) is 0. The first-order valence-corrected chi connectivity index (χ1v) is 13.1. The van der Waals surface area contributed by atoms with E-state index >= 15 is 0 Å². The van der Waals surface area contributed by atoms with E-state index in [9.17, 15) is 4.79 Å². The van der Waals surface area contributed by atoms with Crippen molar-refractivity contribution in [1.82, 2.24) is 9.80 Å². The van der Waals surface area contributed by atoms with E-state index in [0.29, 0.717) is 11.8 Å². The van der Waals surface area contributed by atoms with Gasteiger partial charge in [0.05, 0.1) is 7.11 Å². The van der Waals surface area contributed by atoms with Crippen LogP contribution >= 0.6 is 0 Å². The highest BCUT2D eigenvalue weighted by Gasteiger charge is 2.55. The van der Waals surface area contributed by atoms with Crippen LogP contribution in [0.2, 0.25) is 0 Å². The average Bonchev–Trinajstić information content (AvgIpc) is 3.08. The number of nitrogens with zero attached hydrogens (tertiary/aromatic N) is 2. The predicted octanol–water partition coefficient (Wildman–Crippen LogP) is 5.66. The number of rotatable bonds is 7. The molecule has 1 amide bonds. The lowest BCUT2D eigenvalue weighted by atomic mass is 9.67. The van der Waals surface area contributed by atoms with Crippen molar-refractivity contribution in [3.8, 4) is 5.75 Å². The normalized spacial score (nSPS) is 29.6. The van der Waals surface area contributed by atoms with Crippen LogP contribution in [0.25, 0.3) is 0 Å². The van der Waals surface area contributed by atoms with Gasteiger partial charge in [0.2, 0.25) is 5.91 Å². The summed E-state index contributed by atoms with van der Waals surface area (Å²) in [5.74, 6) is 2.07. The van der Waals surface area contributed by atoms with Gasteiger partial charge in [0.1, 0.15) is 5.75 Å². The third-order valence-electron chi connectivity index (χ3n) is 9.30. The van der Waals surface area contributed by atoms with Gasteiger partial charge >= 0.3 is 0 Å². The number of benzene rings is 2. The second-order valence-electron chi connectivity index (χ2n) is 11.2. The van der Waals surface area contributed by atoms with Crippen molar-refractivity contribution in [2.75, 3.05) is 27.7 Å². The lowest BCUT2D eigenvalue weighted by molar-refractivity contribution is -0.137. The van der Waals surface area contributed by atoms with Gasteiger partial charge < -0.3 is 9.64 Å². The quantitative estimate of drug-likeness (QED) is 0.535. The number of hydrogen-bond donors (Lipinski definition) is 0. The molecule has 0 aromatic heterocycles. The molecule has 1 spiro atoms. The van der Waals surface area contributed by atoms with Crippen LogP contribution in [0.15, 0.2) is 54.6 Å². The van der Waals surface area contributed by atoms with Gasteiger partial charge in [0.15, 0.2) is 0 Å². The van der Waals surface area contributed by atoms with Crippen LogP contribution in [-0.4, -0.2) is 49.0 Å². The molecule has 2 aliphatic carbocycles. The third kappa shape index (κ3) is 4.15. The molecule has 5 rings (SSSR count). The maximum absolute atomic E-state index is 13.8. The fourth-order valence-electron chi connectivity index (χ4n) is 6.88. The minimum atomic E-state index is 0.0259. The minimum Gasteiger partial charge on any atom is -0.497 e. The lowest BCUT2D eigenvalue weighted by Gasteiger charge is -2.52. The zero-order valence-corrected chi connectivity index (χ0v) is 21.1. The van der Waals surface area contributed by atoms with E-state index in [2.05, 4.69) is 66.4 Å². The average molecular weight is 461 g/mol. The Balaban J connectivity index is 1.38. The second-order valence-corrected chi connectivity index (χ2v) is 11.2. The fraction of sp³-hybridized carbons (Fsp3) is 0.567. The topological polar surface area (TPSA) is 32.8 Å². The molecular formula is C30H40N2O2. The van der Waals surface area contributed by atoms with Gasteiger partial charge in [-0.1, -0.05) is 48.9 Å². The molecular weight excluding hydrogens is 420 g/mol. The van der Waals surface area contributed by atoms with Crippen LogP contribution in [-0.2, 0) is 16.8 Å². The van der Waals surface area contributed by atoms with E-state index in [4.69, 9.17) is 4.74 Å². The number of likely N-dealkylation sites (tertiary alicyclic amines) is 1. The number of carbonyl (C=O) groups excluding carboxylic acids is 1. The highest BCUT2D eigenvalue weighted by atomic mass is 16.5. The zero-order chi connectivity index (χ0) is 23.8. The molecule has 182 valence electrons. The molecule has 0 radical (unpaired) electrons. The number of ether oxygens (including phenoxy) is 1. The van der Waals surface area contributed by atoms with Crippen LogP contribution in [0, 0.1) is 11.8 Å². The van der Waals surface area contributed by atoms with Gasteiger partial charge in [-0.2, -0.15) is 0 Å². The van der Waals surface area contributed by atoms with Gasteiger partial charge in [0, 0.05) is 23.5 Å². The molecule has 2 saturated carbocycles. The second kappa shape index (κ2) is 9.37. The molecule has 2 aromatic rings. The van der Waals surface area contributed by atoms with Crippen molar-refractivity contribution < 1.29 is 9.53 Å². The van der Waals surface area contributed by atoms with Crippen molar-refractivity contribution in [3.05, 3.63) is 65.7 Å². The molecule has 4 nitrogen and oxygen atoms in total. The van der Waals surface area contributed by atoms with E-state index in [1.807, 2.05) is 12.1 Å². The molecule has 2 aromatic carbocycles. The fourth-order valence-corrected chi connectivity index (χ4v) is 6.88. The Labute approximate surface area is 205 Å². The summed E-state index contributed by atoms with van der Waals surface area (Å²) in [6.07, 6.45) is 10.1. The van der Waals surface area contributed by atoms with E-state index in [-0.39, 0.29) is 17.0 Å². The molecule has 1 heterocycles. The van der Waals surface area contributed by atoms with Crippen LogP contribution in [0.3, 0.4) is 0 Å². The number of methoxy groups -OCH3 is 1. The Morgan fingerprint density at radius 2 is 1.65 bits per heavy atom. The first-order chi connectivity index (χ1) is 16.5. The Morgan fingerprint density at radius 3 is 2.21 bits per heavy atom. The molecule has 1 unspecified atom stereocenters. The van der Waals surface area contributed by atoms with E-state index in [1.54, 1.807) is 7.11 Å². The highest BCUT2D eigenvalue weighted by Crippen LogP contribution is 2.52. The van der Waals surface area contributed by atoms with E-state index in [0.717, 1.165) is 50.8 Å². The van der Waals surface area contributed by atoms with Gasteiger partial charge in [0.25, 0.3) is 0 Å². The van der Waals surface area contributed by atoms with Crippen LogP contribution in [0.1, 0.15) is 62.5 Å². The number of amides is 1. The van der Waals surface area contributed by atoms with Gasteiger partial charge in [-0.3, -0.25) is 9.69 Å². The van der Waals surface area contributed by atoms with Crippen LogP contribution in [0.5, 0.6) is 5.75 Å². The SMILES string of the molecule is COc1ccc(CC2C[C@]3(CC[C@](c4ccccc4)(N(C)C)CC3)N(CC3CCC3)C2=O)cc1. The van der Waals surface area contributed by atoms with Crippen molar-refractivity contribution in [2.45, 2.75) is 68.9 Å². The summed E-state index contributed by atoms with van der Waals surface area (Å²) in [6.45, 7) is 0.970. The predicted molar refractivity (Wildman–Crippen MR) is 137 cm³/mol. The van der Waals surface area contributed by atoms with E-state index in [1.165, 1.54) is 30.4 Å². The van der Waals surface area contributed by atoms with Crippen LogP contribution < -0.4 is 4.74 Å². The summed E-state index contributed by atoms with van der Waals surface area (Å²) in [5.41, 5.74) is 2.74. The lowest BCUT2D eigenvalue weighted by Crippen LogP contribution is -2.55. The smallest absolute Gasteiger partial charge is 0.226 e. The standard InChI is InChI=1S/C30H40N2O2/c1-31(2)30(26-10-5-4-6-11-26)18-16-29(17-19-30)21-25(20-23-12-14-27(34-3)15-13-23)28(33)32(29)22-24-8-7-9-24/h4-6,10-15,24-25H,7-9,16-22H2,1-3H3/t25?,29-,30+. The van der Waals surface area contributed by atoms with Crippen molar-refractivity contribution in [2.24, 2.45) is 11.8 Å². The Kier molecular flexibility index (Phi) is 6.45. The first-order valence-electron chi connectivity index (χ1n) is 13.1. The van der Waals surface area contributed by atoms with Gasteiger partial charge in [-0.25, -0.2) is 0 Å². The monoisotopic (exact) mass is 460 g/mol. The maximum Gasteiger partial charge on any atom is 0.226 e. The molecule has 0 N–H and O–H groups in total. The molecule has 1 aliphatic heterocycles. The summed E-state index contributed by atoms with van der Waals surface area (Å²) < 4.78 is 5.33. The molecule has 3 fully saturated rings. The van der Waals surface area contributed by atoms with Crippen LogP contribution in [0.4, 0.5) is 0 Å². The maximum atomic E-state index is 13.8. The van der Waals surface area contributed by atoms with Crippen molar-refractivity contribution in [1.29, 1.82) is 0 Å². The van der Waals surface area contributed by atoms with Crippen molar-refractivity contribution in [3.63, 3.8) is 0 Å². The Bertz CT molecular complexity index is 973. The zero-order valence-electron chi connectivity index (χ0n) is 21.1. The number of carbonyl (C=O) groups is 1. The summed E-state index contributed by atoms with van der Waals surface area (Å²) in [6, 6.07) is 19.3. The highest BCUT2D eigenvalue weighted by molar-refractivity contribution is 5.83. The molecule has 0 bridgehead atoms. The molecule has 4 heteroatoms. The Hall–Kier alpha value is -2.33. The summed E-state index contributed by atoms with van der Waals surface area (Å²) in [4.78, 5) is 18.6. The van der Waals surface area contributed by atoms with Gasteiger partial charge in [-0.05, 0) is 94.6 Å². The van der Waals surface area contributed by atoms with Gasteiger partial charge in [-0.15, -0.1) is 0 Å². The molecule has 3 aliphatic rings. The molecule has 34 heavy (non-hydrogen) atoms. The molecule has 1 saturated heterocycles. The first kappa shape index (κ1) is 23.4. The molecule has 1 atom stereocenters. The summed E-state index contributed by atoms with van der Waals surface area (Å²) >= 11 is 0. The largest absolute Gasteiger partial charge is 0.497 e. The number of hydrogen-bond acceptors (Lipinski definition) is 3. The minimum absolute atomic E-state index is 0.0259.